The summed E-state index contributed by atoms with van der Waals surface area (Å²) >= 11 is 0. The van der Waals surface area contributed by atoms with Crippen molar-refractivity contribution in [3.63, 3.8) is 0 Å². The molecule has 2 N–H and O–H groups in total. The molecule has 1 aliphatic heterocycles. The van der Waals surface area contributed by atoms with Crippen LogP contribution in [0.15, 0.2) is 24.3 Å². The number of fused-ring (bicyclic) bond motifs is 1. The number of rotatable bonds is 4. The molecule has 2 heterocycles. The van der Waals surface area contributed by atoms with Gasteiger partial charge in [0.2, 0.25) is 5.91 Å². The Bertz CT molecular complexity index is 963. The number of carbonyl (C=O) groups is 2. The van der Waals surface area contributed by atoms with E-state index in [1.807, 2.05) is 52.6 Å². The third kappa shape index (κ3) is 4.15. The molecule has 31 heavy (non-hydrogen) atoms. The summed E-state index contributed by atoms with van der Waals surface area (Å²) in [7, 11) is 3.54. The van der Waals surface area contributed by atoms with Gasteiger partial charge in [-0.2, -0.15) is 0 Å². The van der Waals surface area contributed by atoms with Crippen molar-refractivity contribution in [3.8, 4) is 5.75 Å². The molecular weight excluding hydrogens is 392 g/mol. The van der Waals surface area contributed by atoms with E-state index < -0.39 is 6.04 Å². The molecule has 1 aromatic heterocycles. The van der Waals surface area contributed by atoms with Gasteiger partial charge in [0.25, 0.3) is 5.91 Å². The maximum absolute atomic E-state index is 13.3. The molecule has 1 saturated heterocycles. The van der Waals surface area contributed by atoms with Crippen molar-refractivity contribution >= 4 is 22.7 Å². The standard InChI is InChI=1S/C24H34N4O3/c1-16-15-27(11-12-28(16)24(30)22(25)17-7-5-4-6-8-17)23(29)21-13-18-9-10-19(31-3)14-20(18)26(21)2/h9-10,13-14,16-17,22H,4-8,11-12,15,25H2,1-3H3/t16-,22+/m1/s1. The van der Waals surface area contributed by atoms with Crippen LogP contribution in [0, 0.1) is 5.92 Å². The zero-order valence-electron chi connectivity index (χ0n) is 18.8. The molecule has 2 amide bonds. The lowest BCUT2D eigenvalue weighted by atomic mass is 9.83. The molecule has 2 atom stereocenters. The van der Waals surface area contributed by atoms with Crippen molar-refractivity contribution in [3.05, 3.63) is 30.0 Å². The summed E-state index contributed by atoms with van der Waals surface area (Å²) in [5.74, 6) is 1.10. The number of ether oxygens (including phenoxy) is 1. The highest BCUT2D eigenvalue weighted by Crippen LogP contribution is 2.28. The summed E-state index contributed by atoms with van der Waals surface area (Å²) in [4.78, 5) is 30.1. The van der Waals surface area contributed by atoms with E-state index in [1.165, 1.54) is 19.3 Å². The van der Waals surface area contributed by atoms with Crippen molar-refractivity contribution in [1.29, 1.82) is 0 Å². The summed E-state index contributed by atoms with van der Waals surface area (Å²) in [6, 6.07) is 7.28. The van der Waals surface area contributed by atoms with E-state index in [9.17, 15) is 9.59 Å². The molecule has 0 spiro atoms. The van der Waals surface area contributed by atoms with E-state index in [2.05, 4.69) is 0 Å². The molecule has 2 fully saturated rings. The Morgan fingerprint density at radius 1 is 1.13 bits per heavy atom. The average Bonchev–Trinajstić information content (AvgIpc) is 3.13. The van der Waals surface area contributed by atoms with E-state index >= 15 is 0 Å². The fourth-order valence-electron chi connectivity index (χ4n) is 5.16. The van der Waals surface area contributed by atoms with E-state index in [0.29, 0.717) is 31.2 Å². The number of aromatic nitrogens is 1. The first-order valence-corrected chi connectivity index (χ1v) is 11.4. The van der Waals surface area contributed by atoms with Crippen LogP contribution in [0.5, 0.6) is 5.75 Å². The number of nitrogens with zero attached hydrogens (tertiary/aromatic N) is 3. The summed E-state index contributed by atoms with van der Waals surface area (Å²) in [6.07, 6.45) is 5.67. The third-order valence-electron chi connectivity index (χ3n) is 7.11. The van der Waals surface area contributed by atoms with Crippen molar-refractivity contribution < 1.29 is 14.3 Å². The Morgan fingerprint density at radius 2 is 1.87 bits per heavy atom. The van der Waals surface area contributed by atoms with Gasteiger partial charge >= 0.3 is 0 Å². The van der Waals surface area contributed by atoms with Gasteiger partial charge in [-0.25, -0.2) is 0 Å². The molecular formula is C24H34N4O3. The molecule has 0 radical (unpaired) electrons. The summed E-state index contributed by atoms with van der Waals surface area (Å²) in [5, 5.41) is 1.01. The highest BCUT2D eigenvalue weighted by molar-refractivity contribution is 5.99. The summed E-state index contributed by atoms with van der Waals surface area (Å²) in [5.41, 5.74) is 7.98. The maximum Gasteiger partial charge on any atom is 0.270 e. The zero-order valence-corrected chi connectivity index (χ0v) is 18.8. The highest BCUT2D eigenvalue weighted by atomic mass is 16.5. The van der Waals surface area contributed by atoms with Gasteiger partial charge in [0.15, 0.2) is 0 Å². The lowest BCUT2D eigenvalue weighted by molar-refractivity contribution is -0.138. The number of benzene rings is 1. The molecule has 2 aliphatic rings. The molecule has 7 nitrogen and oxygen atoms in total. The largest absolute Gasteiger partial charge is 0.497 e. The van der Waals surface area contributed by atoms with Crippen LogP contribution in [0.2, 0.25) is 0 Å². The first-order valence-electron chi connectivity index (χ1n) is 11.4. The lowest BCUT2D eigenvalue weighted by Crippen LogP contribution is -2.59. The number of carbonyl (C=O) groups excluding carboxylic acids is 2. The van der Waals surface area contributed by atoms with E-state index in [-0.39, 0.29) is 17.9 Å². The van der Waals surface area contributed by atoms with Gasteiger partial charge in [0.05, 0.1) is 18.7 Å². The van der Waals surface area contributed by atoms with Crippen molar-refractivity contribution in [2.24, 2.45) is 18.7 Å². The zero-order chi connectivity index (χ0) is 22.1. The van der Waals surface area contributed by atoms with Crippen LogP contribution < -0.4 is 10.5 Å². The summed E-state index contributed by atoms with van der Waals surface area (Å²) in [6.45, 7) is 3.59. The molecule has 1 saturated carbocycles. The van der Waals surface area contributed by atoms with Crippen LogP contribution >= 0.6 is 0 Å². The molecule has 7 heteroatoms. The van der Waals surface area contributed by atoms with Gasteiger partial charge < -0.3 is 24.8 Å². The van der Waals surface area contributed by atoms with Crippen molar-refractivity contribution in [1.82, 2.24) is 14.4 Å². The SMILES string of the molecule is COc1ccc2cc(C(=O)N3CCN(C(=O)[C@@H](N)C4CCCCC4)[C@H](C)C3)n(C)c2c1. The first kappa shape index (κ1) is 21.7. The number of hydrogen-bond donors (Lipinski definition) is 1. The first-order chi connectivity index (χ1) is 14.9. The van der Waals surface area contributed by atoms with Crippen LogP contribution in [0.3, 0.4) is 0 Å². The lowest BCUT2D eigenvalue weighted by Gasteiger charge is -2.42. The number of methoxy groups -OCH3 is 1. The highest BCUT2D eigenvalue weighted by Gasteiger charge is 2.36. The van der Waals surface area contributed by atoms with Gasteiger partial charge in [-0.1, -0.05) is 19.3 Å². The Balaban J connectivity index is 1.45. The predicted octanol–water partition coefficient (Wildman–Crippen LogP) is 2.77. The second-order valence-corrected chi connectivity index (χ2v) is 9.07. The Kier molecular flexibility index (Phi) is 6.23. The van der Waals surface area contributed by atoms with E-state index in [0.717, 1.165) is 29.5 Å². The normalized spacial score (nSPS) is 21.4. The van der Waals surface area contributed by atoms with Gasteiger partial charge in [0.1, 0.15) is 11.4 Å². The minimum Gasteiger partial charge on any atom is -0.497 e. The molecule has 2 aromatic rings. The Labute approximate surface area is 184 Å². The monoisotopic (exact) mass is 426 g/mol. The molecule has 168 valence electrons. The molecule has 0 bridgehead atoms. The Morgan fingerprint density at radius 3 is 2.55 bits per heavy atom. The van der Waals surface area contributed by atoms with Crippen LogP contribution in [-0.4, -0.2) is 65.0 Å². The number of aryl methyl sites for hydroxylation is 1. The topological polar surface area (TPSA) is 80.8 Å². The molecule has 0 unspecified atom stereocenters. The summed E-state index contributed by atoms with van der Waals surface area (Å²) < 4.78 is 7.24. The van der Waals surface area contributed by atoms with Gasteiger partial charge in [-0.15, -0.1) is 0 Å². The maximum atomic E-state index is 13.3. The smallest absolute Gasteiger partial charge is 0.270 e. The number of hydrogen-bond acceptors (Lipinski definition) is 4. The quantitative estimate of drug-likeness (QED) is 0.815. The Hall–Kier alpha value is -2.54. The fourth-order valence-corrected chi connectivity index (χ4v) is 5.16. The fraction of sp³-hybridized carbons (Fsp3) is 0.583. The third-order valence-corrected chi connectivity index (χ3v) is 7.11. The van der Waals surface area contributed by atoms with E-state index in [4.69, 9.17) is 10.5 Å². The van der Waals surface area contributed by atoms with Crippen LogP contribution in [0.1, 0.15) is 49.5 Å². The van der Waals surface area contributed by atoms with Gasteiger partial charge in [-0.05, 0) is 43.9 Å². The second kappa shape index (κ2) is 8.91. The van der Waals surface area contributed by atoms with Crippen LogP contribution in [-0.2, 0) is 11.8 Å². The molecule has 1 aliphatic carbocycles. The number of nitrogens with two attached hydrogens (primary N) is 1. The minimum atomic E-state index is -0.418. The van der Waals surface area contributed by atoms with Gasteiger partial charge in [-0.3, -0.25) is 9.59 Å². The number of amides is 2. The molecule has 1 aromatic carbocycles. The second-order valence-electron chi connectivity index (χ2n) is 9.07. The van der Waals surface area contributed by atoms with Crippen molar-refractivity contribution in [2.45, 2.75) is 51.1 Å². The van der Waals surface area contributed by atoms with E-state index in [1.54, 1.807) is 7.11 Å². The predicted molar refractivity (Wildman–Crippen MR) is 121 cm³/mol. The van der Waals surface area contributed by atoms with Crippen molar-refractivity contribution in [2.75, 3.05) is 26.7 Å². The minimum absolute atomic E-state index is 0.00630. The number of piperazine rings is 1. The van der Waals surface area contributed by atoms with Crippen LogP contribution in [0.25, 0.3) is 10.9 Å². The van der Waals surface area contributed by atoms with Crippen LogP contribution in [0.4, 0.5) is 0 Å². The molecule has 4 rings (SSSR count). The van der Waals surface area contributed by atoms with Gasteiger partial charge in [0, 0.05) is 44.2 Å². The average molecular weight is 427 g/mol.